The molecule has 1 heterocycles. The number of primary amides is 1. The Balaban J connectivity index is 3.89. The van der Waals surface area contributed by atoms with Crippen molar-refractivity contribution >= 4 is 101 Å². The normalized spacial score (nSPS) is 15.4. The number of hydrogen-bond donors (Lipinski definition) is 25. The van der Waals surface area contributed by atoms with E-state index in [1.807, 2.05) is 0 Å². The highest BCUT2D eigenvalue weighted by Gasteiger charge is 2.40. The summed E-state index contributed by atoms with van der Waals surface area (Å²) in [7, 11) is 0. The predicted octanol–water partition coefficient (Wildman–Crippen LogP) is -11.8. The number of unbranched alkanes of at least 4 members (excludes halogenated alkanes) is 2. The fourth-order valence-corrected chi connectivity index (χ4v) is 9.94. The van der Waals surface area contributed by atoms with Crippen LogP contribution in [-0.2, 0) is 57.5 Å². The third-order valence-electron chi connectivity index (χ3n) is 15.1. The van der Waals surface area contributed by atoms with E-state index < -0.39 is 150 Å². The molecule has 566 valence electrons. The molecule has 39 N–H and O–H groups in total. The van der Waals surface area contributed by atoms with Gasteiger partial charge in [0.25, 0.3) is 0 Å². The van der Waals surface area contributed by atoms with E-state index in [0.29, 0.717) is 25.7 Å². The van der Waals surface area contributed by atoms with Gasteiger partial charge in [0.15, 0.2) is 29.8 Å². The first-order chi connectivity index (χ1) is 47.2. The number of carbonyl (C=O) groups excluding carboxylic acids is 11. The van der Waals surface area contributed by atoms with Crippen molar-refractivity contribution in [2.45, 2.75) is 195 Å². The SMILES string of the molecule is C[C@@H](O)[C@H](N)C(=O)N1CCC[C@H]1C(=O)N[C@@H](CCCN=C(N)N)C(=O)N[C@@H](CC(=O)O)C(=O)N[C@@H](CCCN=C(N)N)C(=O)N[C@@H](CCCN=C(N)N)C(=O)N[C@@H](CCCN=C(N)N)C(=O)N[C@@H](CCCCN)C(=O)N[C@@H](CCCCN)C(=O)N[C@@H](CCCN=C(N)N)C(=O)NCC(N)=O. The molecule has 1 fully saturated rings. The lowest BCUT2D eigenvalue weighted by Crippen LogP contribution is -2.60. The molecule has 0 aromatic heterocycles. The summed E-state index contributed by atoms with van der Waals surface area (Å²) >= 11 is 0. The van der Waals surface area contributed by atoms with Crippen LogP contribution < -0.4 is 128 Å². The monoisotopic (exact) mass is 1420 g/mol. The van der Waals surface area contributed by atoms with Gasteiger partial charge >= 0.3 is 5.97 Å². The maximum absolute atomic E-state index is 14.7. The van der Waals surface area contributed by atoms with E-state index in [0.717, 1.165) is 4.90 Å². The lowest BCUT2D eigenvalue weighted by atomic mass is 10.0. The van der Waals surface area contributed by atoms with Gasteiger partial charge in [0.2, 0.25) is 65.0 Å². The number of aliphatic hydroxyl groups is 1. The Hall–Kier alpha value is -10.2. The predicted molar refractivity (Wildman–Crippen MR) is 370 cm³/mol. The number of aliphatic imine (C=N–C) groups is 5. The van der Waals surface area contributed by atoms with Gasteiger partial charge in [-0.2, -0.15) is 0 Å². The third-order valence-corrected chi connectivity index (χ3v) is 15.1. The number of rotatable bonds is 51. The van der Waals surface area contributed by atoms with Crippen LogP contribution in [0.1, 0.15) is 129 Å². The van der Waals surface area contributed by atoms with Gasteiger partial charge in [-0.05, 0) is 136 Å². The number of likely N-dealkylation sites (tertiary alicyclic amines) is 1. The molecule has 11 amide bonds. The summed E-state index contributed by atoms with van der Waals surface area (Å²) in [5.41, 5.74) is 78.0. The number of nitrogens with zero attached hydrogens (tertiary/aromatic N) is 6. The minimum Gasteiger partial charge on any atom is -0.481 e. The zero-order valence-electron chi connectivity index (χ0n) is 56.7. The van der Waals surface area contributed by atoms with Crippen LogP contribution >= 0.6 is 0 Å². The quantitative estimate of drug-likeness (QED) is 0.0153. The Morgan fingerprint density at radius 1 is 0.420 bits per heavy atom. The molecular formula is C57H109N29O14. The van der Waals surface area contributed by atoms with Gasteiger partial charge in [-0.1, -0.05) is 0 Å². The molecular weight excluding hydrogens is 1310 g/mol. The van der Waals surface area contributed by atoms with Crippen LogP contribution in [0.25, 0.3) is 0 Å². The minimum atomic E-state index is -1.97. The molecule has 0 saturated carbocycles. The second-order valence-electron chi connectivity index (χ2n) is 23.5. The average Bonchev–Trinajstić information content (AvgIpc) is 1.62. The Kier molecular flexibility index (Phi) is 42.6. The molecule has 1 saturated heterocycles. The van der Waals surface area contributed by atoms with Crippen molar-refractivity contribution in [1.82, 2.24) is 52.8 Å². The number of carboxylic acid groups (broad SMARTS) is 1. The molecule has 100 heavy (non-hydrogen) atoms. The number of guanidine groups is 5. The summed E-state index contributed by atoms with van der Waals surface area (Å²) in [5.74, 6) is -13.4. The van der Waals surface area contributed by atoms with Crippen molar-refractivity contribution in [3.05, 3.63) is 0 Å². The minimum absolute atomic E-state index is 0.0115. The molecule has 0 radical (unpaired) electrons. The standard InChI is InChI=1S/C57H109N29O14/c1-30(87)42(61)52(100)86-27-11-19-39(86)51(99)84-37(18-10-26-76-57(70)71)49(97)85-38(28-41(89)90)50(98)83-36(17-9-25-75-56(68)69)48(96)82-35(16-8-24-74-55(66)67)47(95)81-34(15-7-23-73-54(64)65)46(94)80-33(13-3-5-21-59)45(93)79-32(12-2-4-20-58)44(92)78-31(14-6-22-72-53(62)63)43(91)77-29-40(60)88/h30-39,42,87H,2-29,58-59,61H2,1H3,(H2,60,88)(H,77,91)(H,78,92)(H,79,93)(H,80,94)(H,81,95)(H,82,96)(H,83,98)(H,84,99)(H,85,97)(H,89,90)(H4,62,63,72)(H4,64,65,73)(H4,66,67,74)(H4,68,69,75)(H4,70,71,76)/t30-,31+,32+,33+,34+,35+,36+,37+,38+,39+,42+/m1/s1. The van der Waals surface area contributed by atoms with Crippen LogP contribution in [0.15, 0.2) is 25.0 Å². The molecule has 43 heteroatoms. The highest BCUT2D eigenvalue weighted by molar-refractivity contribution is 6.00. The van der Waals surface area contributed by atoms with Gasteiger partial charge in [-0.3, -0.25) is 82.5 Å². The Labute approximate surface area is 579 Å². The Morgan fingerprint density at radius 3 is 0.980 bits per heavy atom. The first kappa shape index (κ1) is 87.8. The van der Waals surface area contributed by atoms with Gasteiger partial charge in [0.1, 0.15) is 60.4 Å². The van der Waals surface area contributed by atoms with Gasteiger partial charge in [0, 0.05) is 39.3 Å². The van der Waals surface area contributed by atoms with E-state index in [-0.39, 0.29) is 172 Å². The highest BCUT2D eigenvalue weighted by atomic mass is 16.4. The number of amides is 11. The van der Waals surface area contributed by atoms with Crippen molar-refractivity contribution in [2.75, 3.05) is 58.9 Å². The Morgan fingerprint density at radius 2 is 0.700 bits per heavy atom. The molecule has 0 aliphatic carbocycles. The molecule has 0 bridgehead atoms. The third kappa shape index (κ3) is 37.0. The summed E-state index contributed by atoms with van der Waals surface area (Å²) in [6, 6.07) is -14.9. The van der Waals surface area contributed by atoms with Crippen molar-refractivity contribution in [3.63, 3.8) is 0 Å². The van der Waals surface area contributed by atoms with Gasteiger partial charge in [-0.25, -0.2) is 0 Å². The molecule has 1 aliphatic heterocycles. The van der Waals surface area contributed by atoms with Crippen LogP contribution in [0.3, 0.4) is 0 Å². The fraction of sp³-hybridized carbons (Fsp3) is 0.702. The summed E-state index contributed by atoms with van der Waals surface area (Å²) in [5, 5.41) is 42.9. The zero-order valence-corrected chi connectivity index (χ0v) is 56.7. The number of aliphatic hydroxyl groups excluding tert-OH is 1. The lowest BCUT2D eigenvalue weighted by Gasteiger charge is -2.29. The second kappa shape index (κ2) is 48.5. The molecule has 43 nitrogen and oxygen atoms in total. The topological polar surface area (TPSA) is 783 Å². The highest BCUT2D eigenvalue weighted by Crippen LogP contribution is 2.20. The number of hydrogen-bond acceptors (Lipinski definition) is 21. The number of nitrogens with two attached hydrogens (primary N) is 14. The number of carbonyl (C=O) groups is 12. The molecule has 0 aromatic rings. The van der Waals surface area contributed by atoms with E-state index in [9.17, 15) is 67.7 Å². The van der Waals surface area contributed by atoms with Crippen LogP contribution in [-0.4, -0.2) is 241 Å². The smallest absolute Gasteiger partial charge is 0.305 e. The van der Waals surface area contributed by atoms with Crippen molar-refractivity contribution in [1.29, 1.82) is 0 Å². The van der Waals surface area contributed by atoms with Crippen LogP contribution in [0.5, 0.6) is 0 Å². The summed E-state index contributed by atoms with van der Waals surface area (Å²) < 4.78 is 0. The van der Waals surface area contributed by atoms with Gasteiger partial charge < -0.3 is 143 Å². The maximum Gasteiger partial charge on any atom is 0.305 e. The van der Waals surface area contributed by atoms with E-state index in [1.165, 1.54) is 6.92 Å². The molecule has 0 spiro atoms. The first-order valence-electron chi connectivity index (χ1n) is 32.8. The molecule has 0 unspecified atom stereocenters. The largest absolute Gasteiger partial charge is 0.481 e. The fourth-order valence-electron chi connectivity index (χ4n) is 9.94. The van der Waals surface area contributed by atoms with E-state index >= 15 is 0 Å². The average molecular weight is 1420 g/mol. The van der Waals surface area contributed by atoms with Gasteiger partial charge in [0.05, 0.1) is 19.1 Å². The number of aliphatic carboxylic acids is 1. The van der Waals surface area contributed by atoms with E-state index in [2.05, 4.69) is 72.8 Å². The maximum atomic E-state index is 14.7. The van der Waals surface area contributed by atoms with Crippen molar-refractivity contribution in [3.8, 4) is 0 Å². The zero-order chi connectivity index (χ0) is 75.4. The van der Waals surface area contributed by atoms with Crippen LogP contribution in [0, 0.1) is 0 Å². The summed E-state index contributed by atoms with van der Waals surface area (Å²) in [6.07, 6.45) is -1.48. The number of carboxylic acids is 1. The summed E-state index contributed by atoms with van der Waals surface area (Å²) in [6.45, 7) is 0.929. The molecule has 0 aromatic carbocycles. The van der Waals surface area contributed by atoms with Crippen molar-refractivity contribution < 1.29 is 67.7 Å². The lowest BCUT2D eigenvalue weighted by molar-refractivity contribution is -0.142. The number of nitrogens with one attached hydrogen (secondary N) is 9. The van der Waals surface area contributed by atoms with Crippen molar-refractivity contribution in [2.24, 2.45) is 105 Å². The second-order valence-corrected chi connectivity index (χ2v) is 23.5. The molecule has 1 aliphatic rings. The van der Waals surface area contributed by atoms with E-state index in [4.69, 9.17) is 80.3 Å². The molecule has 1 rings (SSSR count). The van der Waals surface area contributed by atoms with Gasteiger partial charge in [-0.15, -0.1) is 0 Å². The molecule has 11 atom stereocenters. The Bertz CT molecular complexity index is 2820. The first-order valence-corrected chi connectivity index (χ1v) is 32.8. The van der Waals surface area contributed by atoms with Crippen LogP contribution in [0.4, 0.5) is 0 Å². The summed E-state index contributed by atoms with van der Waals surface area (Å²) in [4.78, 5) is 186. The van der Waals surface area contributed by atoms with E-state index in [1.54, 1.807) is 0 Å². The van der Waals surface area contributed by atoms with Crippen LogP contribution in [0.2, 0.25) is 0 Å².